The minimum absolute atomic E-state index is 0.0545. The second-order valence-electron chi connectivity index (χ2n) is 16.5. The topological polar surface area (TPSA) is 36.9 Å². The van der Waals surface area contributed by atoms with Crippen LogP contribution in [0.25, 0.3) is 16.5 Å². The maximum atomic E-state index is 7.25. The van der Waals surface area contributed by atoms with Crippen molar-refractivity contribution in [2.75, 3.05) is 6.61 Å². The van der Waals surface area contributed by atoms with Gasteiger partial charge in [0.2, 0.25) is 0 Å². The maximum Gasteiger partial charge on any atom is 0.193 e. The lowest BCUT2D eigenvalue weighted by Crippen LogP contribution is -2.58. The summed E-state index contributed by atoms with van der Waals surface area (Å²) in [5, 5.41) is 2.60. The Bertz CT molecular complexity index is 1220. The monoisotopic (exact) mass is 614 g/mol. The van der Waals surface area contributed by atoms with Gasteiger partial charge in [0.05, 0.1) is 12.7 Å². The van der Waals surface area contributed by atoms with Crippen molar-refractivity contribution in [3.63, 3.8) is 0 Å². The highest BCUT2D eigenvalue weighted by Gasteiger charge is 2.49. The zero-order valence-corrected chi connectivity index (χ0v) is 31.7. The Labute approximate surface area is 254 Å². The molecule has 2 aromatic rings. The third kappa shape index (κ3) is 7.65. The van der Waals surface area contributed by atoms with Crippen molar-refractivity contribution in [1.82, 2.24) is 0 Å². The van der Waals surface area contributed by atoms with Crippen LogP contribution in [0.4, 0.5) is 0 Å². The van der Waals surface area contributed by atoms with Gasteiger partial charge in [-0.15, -0.1) is 0 Å². The van der Waals surface area contributed by atoms with E-state index in [1.165, 1.54) is 10.8 Å². The molecule has 0 aromatic heterocycles. The standard InChI is InChI=1S/C34H58O4Si3/c1-32(2,3)39(10,11)35-24-30-31(38-41(14,15)34(7,8)9)29(37-40(12,13)33(4,5)6)23-28(36-30)27-22-18-20-25-19-16-17-21-26(25)27/h16-23,29-31H,24H2,1-15H3/t29-,30-,31+/m1/s1. The Morgan fingerprint density at radius 1 is 0.659 bits per heavy atom. The first-order valence-electron chi connectivity index (χ1n) is 15.3. The molecule has 3 rings (SSSR count). The van der Waals surface area contributed by atoms with Crippen molar-refractivity contribution >= 4 is 41.5 Å². The molecule has 0 unspecified atom stereocenters. The lowest BCUT2D eigenvalue weighted by atomic mass is 9.98. The highest BCUT2D eigenvalue weighted by Crippen LogP contribution is 2.44. The van der Waals surface area contributed by atoms with Crippen molar-refractivity contribution in [2.45, 2.75) is 135 Å². The number of fused-ring (bicyclic) bond motifs is 1. The fourth-order valence-corrected chi connectivity index (χ4v) is 7.80. The van der Waals surface area contributed by atoms with Crippen LogP contribution in [0.3, 0.4) is 0 Å². The van der Waals surface area contributed by atoms with Crippen LogP contribution in [-0.2, 0) is 18.0 Å². The largest absolute Gasteiger partial charge is 0.485 e. The second kappa shape index (κ2) is 11.7. The van der Waals surface area contributed by atoms with Crippen LogP contribution in [0.5, 0.6) is 0 Å². The van der Waals surface area contributed by atoms with E-state index < -0.39 is 25.0 Å². The summed E-state index contributed by atoms with van der Waals surface area (Å²) < 4.78 is 28.3. The van der Waals surface area contributed by atoms with E-state index in [2.05, 4.69) is 150 Å². The van der Waals surface area contributed by atoms with E-state index in [1.807, 2.05) is 0 Å². The van der Waals surface area contributed by atoms with Gasteiger partial charge in [0, 0.05) is 5.56 Å². The molecule has 0 bridgehead atoms. The van der Waals surface area contributed by atoms with Crippen molar-refractivity contribution < 1.29 is 18.0 Å². The number of rotatable bonds is 8. The zero-order chi connectivity index (χ0) is 31.2. The van der Waals surface area contributed by atoms with E-state index in [0.29, 0.717) is 6.61 Å². The molecule has 0 fully saturated rings. The van der Waals surface area contributed by atoms with Gasteiger partial charge < -0.3 is 18.0 Å². The molecule has 0 saturated carbocycles. The molecule has 0 radical (unpaired) electrons. The molecule has 4 nitrogen and oxygen atoms in total. The van der Waals surface area contributed by atoms with Gasteiger partial charge in [-0.3, -0.25) is 0 Å². The third-order valence-corrected chi connectivity index (χ3v) is 23.7. The summed E-state index contributed by atoms with van der Waals surface area (Å²) in [7, 11) is -6.36. The Morgan fingerprint density at radius 2 is 1.17 bits per heavy atom. The van der Waals surface area contributed by atoms with Crippen molar-refractivity contribution in [1.29, 1.82) is 0 Å². The SMILES string of the molecule is CC(C)(C)[Si](C)(C)OC[C@H]1OC(c2cccc3ccccc23)=C[C@@H](O[Si](C)(C)C(C)(C)C)[C@@H]1O[Si](C)(C)C(C)(C)C. The zero-order valence-electron chi connectivity index (χ0n) is 28.7. The number of hydrogen-bond donors (Lipinski definition) is 0. The number of benzene rings is 2. The van der Waals surface area contributed by atoms with E-state index in [0.717, 1.165) is 11.3 Å². The van der Waals surface area contributed by atoms with Crippen LogP contribution < -0.4 is 0 Å². The minimum atomic E-state index is -2.17. The molecule has 41 heavy (non-hydrogen) atoms. The van der Waals surface area contributed by atoms with Crippen LogP contribution >= 0.6 is 0 Å². The molecule has 1 aliphatic rings. The van der Waals surface area contributed by atoms with Gasteiger partial charge in [-0.05, 0) is 71.2 Å². The summed E-state index contributed by atoms with van der Waals surface area (Å²) in [6.45, 7) is 35.1. The molecule has 1 aliphatic heterocycles. The second-order valence-corrected chi connectivity index (χ2v) is 30.8. The first-order chi connectivity index (χ1) is 18.5. The van der Waals surface area contributed by atoms with Gasteiger partial charge in [0.15, 0.2) is 25.0 Å². The summed E-state index contributed by atoms with van der Waals surface area (Å²) in [6.07, 6.45) is 1.43. The molecule has 7 heteroatoms. The highest BCUT2D eigenvalue weighted by atomic mass is 28.4. The lowest BCUT2D eigenvalue weighted by Gasteiger charge is -2.48. The van der Waals surface area contributed by atoms with Crippen molar-refractivity contribution in [3.05, 3.63) is 54.1 Å². The van der Waals surface area contributed by atoms with E-state index in [4.69, 9.17) is 18.0 Å². The van der Waals surface area contributed by atoms with E-state index in [1.54, 1.807) is 0 Å². The molecule has 0 N–H and O–H groups in total. The van der Waals surface area contributed by atoms with Crippen LogP contribution in [0.2, 0.25) is 54.4 Å². The fourth-order valence-electron chi connectivity index (χ4n) is 4.23. The number of ether oxygens (including phenoxy) is 1. The van der Waals surface area contributed by atoms with Gasteiger partial charge >= 0.3 is 0 Å². The molecule has 1 heterocycles. The maximum absolute atomic E-state index is 7.25. The molecule has 2 aromatic carbocycles. The van der Waals surface area contributed by atoms with Crippen LogP contribution in [0.15, 0.2) is 48.5 Å². The minimum Gasteiger partial charge on any atom is -0.485 e. The molecular weight excluding hydrogens is 557 g/mol. The summed E-state index contributed by atoms with van der Waals surface area (Å²) in [5.41, 5.74) is 1.09. The van der Waals surface area contributed by atoms with Crippen LogP contribution in [0.1, 0.15) is 67.9 Å². The van der Waals surface area contributed by atoms with Gasteiger partial charge in [-0.25, -0.2) is 0 Å². The van der Waals surface area contributed by atoms with Gasteiger partial charge in [0.1, 0.15) is 18.0 Å². The first-order valence-corrected chi connectivity index (χ1v) is 24.1. The van der Waals surface area contributed by atoms with Gasteiger partial charge in [-0.2, -0.15) is 0 Å². The fraction of sp³-hybridized carbons (Fsp3) is 0.647. The van der Waals surface area contributed by atoms with Crippen LogP contribution in [-0.4, -0.2) is 49.9 Å². The normalized spacial score (nSPS) is 21.5. The summed E-state index contributed by atoms with van der Waals surface area (Å²) in [5.74, 6) is 0.865. The molecule has 0 saturated heterocycles. The molecule has 0 spiro atoms. The van der Waals surface area contributed by atoms with Crippen molar-refractivity contribution in [3.8, 4) is 0 Å². The third-order valence-electron chi connectivity index (χ3n) is 10.2. The quantitative estimate of drug-likeness (QED) is 0.277. The lowest BCUT2D eigenvalue weighted by molar-refractivity contribution is -0.0591. The van der Waals surface area contributed by atoms with E-state index in [-0.39, 0.29) is 33.4 Å². The summed E-state index contributed by atoms with van der Waals surface area (Å²) in [6, 6.07) is 15.0. The Balaban J connectivity index is 2.18. The highest BCUT2D eigenvalue weighted by molar-refractivity contribution is 6.75. The Hall–Kier alpha value is -1.23. The summed E-state index contributed by atoms with van der Waals surface area (Å²) >= 11 is 0. The van der Waals surface area contributed by atoms with Gasteiger partial charge in [-0.1, -0.05) is 105 Å². The average Bonchev–Trinajstić information content (AvgIpc) is 2.81. The van der Waals surface area contributed by atoms with Crippen molar-refractivity contribution in [2.24, 2.45) is 0 Å². The summed E-state index contributed by atoms with van der Waals surface area (Å²) in [4.78, 5) is 0. The van der Waals surface area contributed by atoms with E-state index >= 15 is 0 Å². The molecule has 0 amide bonds. The average molecular weight is 615 g/mol. The molecule has 0 aliphatic carbocycles. The Morgan fingerprint density at radius 3 is 1.73 bits per heavy atom. The molecule has 3 atom stereocenters. The predicted octanol–water partition coefficient (Wildman–Crippen LogP) is 10.4. The van der Waals surface area contributed by atoms with Gasteiger partial charge in [0.25, 0.3) is 0 Å². The predicted molar refractivity (Wildman–Crippen MR) is 184 cm³/mol. The van der Waals surface area contributed by atoms with Crippen LogP contribution in [0, 0.1) is 0 Å². The number of hydrogen-bond acceptors (Lipinski definition) is 4. The first kappa shape index (κ1) is 34.3. The molecule has 230 valence electrons. The Kier molecular flexibility index (Phi) is 9.77. The molecular formula is C34H58O4Si3. The smallest absolute Gasteiger partial charge is 0.193 e. The van der Waals surface area contributed by atoms with E-state index in [9.17, 15) is 0 Å².